The number of hydrogen-bond acceptors (Lipinski definition) is 7. The van der Waals surface area contributed by atoms with Gasteiger partial charge in [-0.2, -0.15) is 5.26 Å². The van der Waals surface area contributed by atoms with Crippen LogP contribution in [0, 0.1) is 30.6 Å². The van der Waals surface area contributed by atoms with Crippen LogP contribution in [0.1, 0.15) is 25.7 Å². The maximum Gasteiger partial charge on any atom is 0.342 e. The summed E-state index contributed by atoms with van der Waals surface area (Å²) in [4.78, 5) is 28.6. The van der Waals surface area contributed by atoms with Crippen LogP contribution in [-0.4, -0.2) is 25.5 Å². The van der Waals surface area contributed by atoms with Crippen LogP contribution in [-0.2, 0) is 14.9 Å². The Labute approximate surface area is 170 Å². The molecule has 1 atom stereocenters. The summed E-state index contributed by atoms with van der Waals surface area (Å²) in [5, 5.41) is 9.94. The Morgan fingerprint density at radius 3 is 2.83 bits per heavy atom. The molecule has 4 rings (SSSR count). The van der Waals surface area contributed by atoms with Crippen molar-refractivity contribution in [3.8, 4) is 24.2 Å². The van der Waals surface area contributed by atoms with E-state index in [2.05, 4.69) is 12.0 Å². The van der Waals surface area contributed by atoms with E-state index in [9.17, 15) is 14.9 Å². The number of carbonyl (C=O) groups excluding carboxylic acids is 2. The second-order valence-electron chi connectivity index (χ2n) is 6.50. The van der Waals surface area contributed by atoms with Crippen LogP contribution >= 0.6 is 11.3 Å². The van der Waals surface area contributed by atoms with Crippen molar-refractivity contribution in [2.45, 2.75) is 12.3 Å². The monoisotopic (exact) mass is 405 g/mol. The number of nitrogens with zero attached hydrogens (tertiary/aromatic N) is 2. The first-order chi connectivity index (χ1) is 13.9. The Hall–Kier alpha value is -3.75. The minimum absolute atomic E-state index is 0.0281. The molecule has 1 aromatic carbocycles. The van der Waals surface area contributed by atoms with Gasteiger partial charge in [-0.3, -0.25) is 9.69 Å². The Morgan fingerprint density at radius 1 is 1.45 bits per heavy atom. The zero-order valence-electron chi connectivity index (χ0n) is 15.6. The molecule has 1 unspecified atom stereocenters. The average molecular weight is 405 g/mol. The van der Waals surface area contributed by atoms with Gasteiger partial charge in [-0.15, -0.1) is 17.8 Å². The number of carbonyl (C=O) groups is 2. The number of thiophene rings is 1. The smallest absolute Gasteiger partial charge is 0.342 e. The van der Waals surface area contributed by atoms with Crippen molar-refractivity contribution >= 4 is 28.9 Å². The van der Waals surface area contributed by atoms with Gasteiger partial charge in [-0.25, -0.2) is 4.79 Å². The van der Waals surface area contributed by atoms with Crippen LogP contribution in [0.4, 0.5) is 5.69 Å². The molecule has 3 heterocycles. The summed E-state index contributed by atoms with van der Waals surface area (Å²) in [7, 11) is 1.26. The number of nitriles is 1. The number of anilines is 1. The minimum atomic E-state index is -1.53. The van der Waals surface area contributed by atoms with Crippen LogP contribution in [0.15, 0.2) is 35.7 Å². The van der Waals surface area contributed by atoms with E-state index in [0.29, 0.717) is 21.0 Å². The molecular formula is C21H15N3O4S. The van der Waals surface area contributed by atoms with E-state index >= 15 is 0 Å². The lowest BCUT2D eigenvalue weighted by molar-refractivity contribution is -0.120. The van der Waals surface area contributed by atoms with Crippen molar-refractivity contribution in [3.05, 3.63) is 56.6 Å². The molecule has 2 aromatic rings. The number of aryl methyl sites for hydroxylation is 1. The zero-order chi connectivity index (χ0) is 20.9. The third-order valence-corrected chi connectivity index (χ3v) is 6.34. The molecule has 8 heteroatoms. The van der Waals surface area contributed by atoms with Crippen LogP contribution in [0.5, 0.6) is 5.75 Å². The van der Waals surface area contributed by atoms with Gasteiger partial charge in [0.2, 0.25) is 11.8 Å². The molecule has 7 nitrogen and oxygen atoms in total. The Bertz CT molecular complexity index is 1200. The fourth-order valence-electron chi connectivity index (χ4n) is 3.97. The quantitative estimate of drug-likeness (QED) is 0.607. The molecule has 1 spiro atoms. The first kappa shape index (κ1) is 18.6. The molecular weight excluding hydrogens is 390 g/mol. The van der Waals surface area contributed by atoms with Gasteiger partial charge in [0.15, 0.2) is 11.2 Å². The second kappa shape index (κ2) is 6.40. The van der Waals surface area contributed by atoms with E-state index < -0.39 is 17.3 Å². The van der Waals surface area contributed by atoms with Crippen molar-refractivity contribution in [2.24, 2.45) is 5.73 Å². The molecule has 2 aliphatic rings. The second-order valence-corrected chi connectivity index (χ2v) is 7.72. The molecule has 1 amide bonds. The van der Waals surface area contributed by atoms with Gasteiger partial charge in [0.1, 0.15) is 17.2 Å². The highest BCUT2D eigenvalue weighted by Crippen LogP contribution is 2.58. The molecule has 1 aromatic heterocycles. The summed E-state index contributed by atoms with van der Waals surface area (Å²) in [6.45, 7) is 1.75. The van der Waals surface area contributed by atoms with Crippen molar-refractivity contribution < 1.29 is 19.1 Å². The standard InChI is InChI=1S/C21H15N3O4S/c1-4-9-24-14-8-6-5-7-12(14)21(20(24)26)13(10-22)18(23)28-16-15(19(25)27-3)11(2)29-17(16)21/h1,5-8H,9,23H2,2-3H3. The average Bonchev–Trinajstić information content (AvgIpc) is 3.16. The number of esters is 1. The molecule has 0 aliphatic carbocycles. The van der Waals surface area contributed by atoms with Crippen LogP contribution in [0.3, 0.4) is 0 Å². The van der Waals surface area contributed by atoms with Crippen LogP contribution in [0.25, 0.3) is 0 Å². The summed E-state index contributed by atoms with van der Waals surface area (Å²) in [6, 6.07) is 9.14. The number of fused-ring (bicyclic) bond motifs is 4. The topological polar surface area (TPSA) is 106 Å². The molecule has 144 valence electrons. The highest BCUT2D eigenvalue weighted by atomic mass is 32.1. The number of para-hydroxylation sites is 1. The first-order valence-electron chi connectivity index (χ1n) is 8.58. The zero-order valence-corrected chi connectivity index (χ0v) is 16.4. The van der Waals surface area contributed by atoms with Gasteiger partial charge in [0.25, 0.3) is 0 Å². The number of terminal acetylenes is 1. The van der Waals surface area contributed by atoms with Gasteiger partial charge in [0.05, 0.1) is 18.5 Å². The molecule has 29 heavy (non-hydrogen) atoms. The normalized spacial score (nSPS) is 19.3. The van der Waals surface area contributed by atoms with E-state index in [-0.39, 0.29) is 29.3 Å². The number of nitrogens with two attached hydrogens (primary N) is 1. The molecule has 0 fully saturated rings. The Balaban J connectivity index is 2.14. The molecule has 2 aliphatic heterocycles. The Kier molecular flexibility index (Phi) is 4.11. The lowest BCUT2D eigenvalue weighted by atomic mass is 9.72. The highest BCUT2D eigenvalue weighted by Gasteiger charge is 2.60. The van der Waals surface area contributed by atoms with Crippen molar-refractivity contribution in [1.29, 1.82) is 5.26 Å². The third-order valence-electron chi connectivity index (χ3n) is 5.13. The highest BCUT2D eigenvalue weighted by molar-refractivity contribution is 7.13. The number of ether oxygens (including phenoxy) is 2. The van der Waals surface area contributed by atoms with Crippen molar-refractivity contribution in [1.82, 2.24) is 0 Å². The SMILES string of the molecule is C#CCN1C(=O)C2(C(C#N)=C(N)Oc3c2sc(C)c3C(=O)OC)c2ccccc21. The molecule has 0 saturated carbocycles. The molecule has 2 N–H and O–H groups in total. The predicted octanol–water partition coefficient (Wildman–Crippen LogP) is 2.20. The maximum absolute atomic E-state index is 13.8. The number of hydrogen-bond donors (Lipinski definition) is 1. The fourth-order valence-corrected chi connectivity index (χ4v) is 5.24. The molecule has 0 radical (unpaired) electrons. The van der Waals surface area contributed by atoms with E-state index in [1.54, 1.807) is 31.2 Å². The van der Waals surface area contributed by atoms with E-state index in [1.807, 2.05) is 0 Å². The minimum Gasteiger partial charge on any atom is -0.465 e. The van der Waals surface area contributed by atoms with Crippen molar-refractivity contribution in [3.63, 3.8) is 0 Å². The summed E-state index contributed by atoms with van der Waals surface area (Å²) < 4.78 is 10.6. The number of benzene rings is 1. The van der Waals surface area contributed by atoms with Gasteiger partial charge in [-0.1, -0.05) is 24.1 Å². The first-order valence-corrected chi connectivity index (χ1v) is 9.40. The van der Waals surface area contributed by atoms with Crippen molar-refractivity contribution in [2.75, 3.05) is 18.6 Å². The van der Waals surface area contributed by atoms with E-state index in [4.69, 9.17) is 21.6 Å². The maximum atomic E-state index is 13.8. The summed E-state index contributed by atoms with van der Waals surface area (Å²) in [5.74, 6) is 1.39. The number of methoxy groups -OCH3 is 1. The van der Waals surface area contributed by atoms with E-state index in [0.717, 1.165) is 0 Å². The number of amides is 1. The van der Waals surface area contributed by atoms with E-state index in [1.165, 1.54) is 23.3 Å². The summed E-state index contributed by atoms with van der Waals surface area (Å²) >= 11 is 1.20. The fraction of sp³-hybridized carbons (Fsp3) is 0.190. The van der Waals surface area contributed by atoms with Gasteiger partial charge in [-0.05, 0) is 13.0 Å². The van der Waals surface area contributed by atoms with Crippen LogP contribution < -0.4 is 15.4 Å². The molecule has 0 bridgehead atoms. The largest absolute Gasteiger partial charge is 0.465 e. The summed E-state index contributed by atoms with van der Waals surface area (Å²) in [6.07, 6.45) is 5.49. The molecule has 0 saturated heterocycles. The number of rotatable bonds is 2. The van der Waals surface area contributed by atoms with Gasteiger partial charge in [0, 0.05) is 16.1 Å². The lowest BCUT2D eigenvalue weighted by Gasteiger charge is -2.32. The van der Waals surface area contributed by atoms with Crippen LogP contribution in [0.2, 0.25) is 0 Å². The predicted molar refractivity (Wildman–Crippen MR) is 106 cm³/mol. The van der Waals surface area contributed by atoms with Gasteiger partial charge >= 0.3 is 5.97 Å². The Morgan fingerprint density at radius 2 is 2.17 bits per heavy atom. The third kappa shape index (κ3) is 2.18. The summed E-state index contributed by atoms with van der Waals surface area (Å²) in [5.41, 5.74) is 5.89. The lowest BCUT2D eigenvalue weighted by Crippen LogP contribution is -2.45. The van der Waals surface area contributed by atoms with Gasteiger partial charge < -0.3 is 15.2 Å².